The maximum Gasteiger partial charge on any atom is 0.0983 e. The first-order valence-corrected chi connectivity index (χ1v) is 6.09. The molecule has 0 saturated carbocycles. The van der Waals surface area contributed by atoms with E-state index in [1.807, 2.05) is 19.1 Å². The normalized spacial score (nSPS) is 20.5. The second-order valence-corrected chi connectivity index (χ2v) is 4.19. The average Bonchev–Trinajstić information content (AvgIpc) is 2.37. The first kappa shape index (κ1) is 12.2. The Balaban J connectivity index is 1.94. The van der Waals surface area contributed by atoms with Crippen molar-refractivity contribution in [3.63, 3.8) is 0 Å². The second kappa shape index (κ2) is 5.89. The third-order valence-corrected chi connectivity index (χ3v) is 2.90. The van der Waals surface area contributed by atoms with Gasteiger partial charge in [0.2, 0.25) is 0 Å². The summed E-state index contributed by atoms with van der Waals surface area (Å²) in [5.74, 6) is 0. The van der Waals surface area contributed by atoms with Crippen LogP contribution in [0.1, 0.15) is 6.92 Å². The number of hydrogen-bond donors (Lipinski definition) is 1. The number of ether oxygens (including phenoxy) is 2. The van der Waals surface area contributed by atoms with E-state index < -0.39 is 0 Å². The molecule has 1 heterocycles. The molecule has 1 unspecified atom stereocenters. The monoisotopic (exact) mass is 236 g/mol. The van der Waals surface area contributed by atoms with Gasteiger partial charge in [0.1, 0.15) is 0 Å². The number of benzene rings is 1. The fourth-order valence-corrected chi connectivity index (χ4v) is 1.99. The Bertz CT molecular complexity index is 340. The summed E-state index contributed by atoms with van der Waals surface area (Å²) >= 11 is 0. The third-order valence-electron chi connectivity index (χ3n) is 2.90. The highest BCUT2D eigenvalue weighted by molar-refractivity contribution is 5.53. The van der Waals surface area contributed by atoms with E-state index in [-0.39, 0.29) is 6.10 Å². The zero-order valence-electron chi connectivity index (χ0n) is 10.3. The van der Waals surface area contributed by atoms with Crippen molar-refractivity contribution in [1.29, 1.82) is 0 Å². The molecule has 1 aromatic rings. The van der Waals surface area contributed by atoms with Crippen molar-refractivity contribution in [2.24, 2.45) is 0 Å². The molecule has 0 aromatic heterocycles. The van der Waals surface area contributed by atoms with Crippen LogP contribution < -0.4 is 10.6 Å². The standard InChI is InChI=1S/C13H20N2O2/c1-2-16-10-13-9-15(7-8-17-13)12-5-3-11(14)4-6-12/h3-6,13H,2,7-10,14H2,1H3. The van der Waals surface area contributed by atoms with Gasteiger partial charge in [0.25, 0.3) is 0 Å². The van der Waals surface area contributed by atoms with Crippen molar-refractivity contribution in [3.8, 4) is 0 Å². The summed E-state index contributed by atoms with van der Waals surface area (Å²) in [7, 11) is 0. The largest absolute Gasteiger partial charge is 0.399 e. The molecule has 4 heteroatoms. The lowest BCUT2D eigenvalue weighted by Crippen LogP contribution is -2.44. The molecule has 2 rings (SSSR count). The molecule has 1 saturated heterocycles. The SMILES string of the molecule is CCOCC1CN(c2ccc(N)cc2)CCO1. The van der Waals surface area contributed by atoms with Crippen molar-refractivity contribution in [2.75, 3.05) is 43.5 Å². The number of anilines is 2. The lowest BCUT2D eigenvalue weighted by molar-refractivity contribution is -0.0207. The van der Waals surface area contributed by atoms with E-state index >= 15 is 0 Å². The molecule has 0 aliphatic carbocycles. The average molecular weight is 236 g/mol. The van der Waals surface area contributed by atoms with E-state index in [1.54, 1.807) is 0 Å². The van der Waals surface area contributed by atoms with Crippen molar-refractivity contribution in [1.82, 2.24) is 0 Å². The van der Waals surface area contributed by atoms with Gasteiger partial charge < -0.3 is 20.1 Å². The van der Waals surface area contributed by atoms with Gasteiger partial charge in [-0.05, 0) is 31.2 Å². The molecule has 2 N–H and O–H groups in total. The zero-order valence-corrected chi connectivity index (χ0v) is 10.3. The number of hydrogen-bond acceptors (Lipinski definition) is 4. The molecular formula is C13H20N2O2. The van der Waals surface area contributed by atoms with Crippen molar-refractivity contribution < 1.29 is 9.47 Å². The lowest BCUT2D eigenvalue weighted by Gasteiger charge is -2.34. The summed E-state index contributed by atoms with van der Waals surface area (Å²) in [5, 5.41) is 0. The molecule has 0 bridgehead atoms. The molecule has 1 aliphatic rings. The highest BCUT2D eigenvalue weighted by Crippen LogP contribution is 2.19. The molecule has 1 aromatic carbocycles. The molecule has 0 radical (unpaired) electrons. The van der Waals surface area contributed by atoms with Gasteiger partial charge in [-0.3, -0.25) is 0 Å². The topological polar surface area (TPSA) is 47.7 Å². The molecule has 4 nitrogen and oxygen atoms in total. The van der Waals surface area contributed by atoms with Gasteiger partial charge in [-0.2, -0.15) is 0 Å². The van der Waals surface area contributed by atoms with Gasteiger partial charge in [-0.1, -0.05) is 0 Å². The Labute approximate surface area is 102 Å². The van der Waals surface area contributed by atoms with Crippen LogP contribution in [0.4, 0.5) is 11.4 Å². The number of nitrogens with two attached hydrogens (primary N) is 1. The summed E-state index contributed by atoms with van der Waals surface area (Å²) in [4.78, 5) is 2.31. The first-order valence-electron chi connectivity index (χ1n) is 6.09. The minimum absolute atomic E-state index is 0.168. The summed E-state index contributed by atoms with van der Waals surface area (Å²) < 4.78 is 11.1. The van der Waals surface area contributed by atoms with Gasteiger partial charge >= 0.3 is 0 Å². The van der Waals surface area contributed by atoms with Crippen LogP contribution in [0.25, 0.3) is 0 Å². The van der Waals surface area contributed by atoms with Crippen LogP contribution in [0, 0.1) is 0 Å². The minimum atomic E-state index is 0.168. The van der Waals surface area contributed by atoms with Crippen LogP contribution >= 0.6 is 0 Å². The van der Waals surface area contributed by atoms with Crippen LogP contribution in [-0.2, 0) is 9.47 Å². The zero-order chi connectivity index (χ0) is 12.1. The minimum Gasteiger partial charge on any atom is -0.399 e. The number of rotatable bonds is 4. The summed E-state index contributed by atoms with van der Waals surface area (Å²) in [6.45, 7) is 5.96. The molecule has 1 fully saturated rings. The number of nitrogen functional groups attached to an aromatic ring is 1. The van der Waals surface area contributed by atoms with E-state index in [4.69, 9.17) is 15.2 Å². The van der Waals surface area contributed by atoms with Crippen molar-refractivity contribution >= 4 is 11.4 Å². The quantitative estimate of drug-likeness (QED) is 0.805. The maximum absolute atomic E-state index is 5.69. The van der Waals surface area contributed by atoms with Crippen LogP contribution in [-0.4, -0.2) is 39.0 Å². The van der Waals surface area contributed by atoms with E-state index in [1.165, 1.54) is 5.69 Å². The Hall–Kier alpha value is -1.26. The Morgan fingerprint density at radius 1 is 1.41 bits per heavy atom. The second-order valence-electron chi connectivity index (χ2n) is 4.19. The highest BCUT2D eigenvalue weighted by atomic mass is 16.5. The van der Waals surface area contributed by atoms with Crippen molar-refractivity contribution in [3.05, 3.63) is 24.3 Å². The molecule has 1 aliphatic heterocycles. The van der Waals surface area contributed by atoms with Gasteiger partial charge in [0.05, 0.1) is 19.3 Å². The van der Waals surface area contributed by atoms with Crippen LogP contribution in [0.2, 0.25) is 0 Å². The van der Waals surface area contributed by atoms with Gasteiger partial charge in [-0.25, -0.2) is 0 Å². The molecule has 0 amide bonds. The summed E-state index contributed by atoms with van der Waals surface area (Å²) in [6.07, 6.45) is 0.168. The Kier molecular flexibility index (Phi) is 4.23. The fourth-order valence-electron chi connectivity index (χ4n) is 1.99. The lowest BCUT2D eigenvalue weighted by atomic mass is 10.2. The van der Waals surface area contributed by atoms with E-state index in [0.29, 0.717) is 6.61 Å². The molecule has 0 spiro atoms. The fraction of sp³-hybridized carbons (Fsp3) is 0.538. The smallest absolute Gasteiger partial charge is 0.0983 e. The maximum atomic E-state index is 5.69. The van der Waals surface area contributed by atoms with Gasteiger partial charge in [-0.15, -0.1) is 0 Å². The van der Waals surface area contributed by atoms with E-state index in [9.17, 15) is 0 Å². The Morgan fingerprint density at radius 2 is 2.18 bits per heavy atom. The van der Waals surface area contributed by atoms with Crippen LogP contribution in [0.3, 0.4) is 0 Å². The third kappa shape index (κ3) is 3.35. The number of morpholine rings is 1. The Morgan fingerprint density at radius 3 is 2.88 bits per heavy atom. The molecular weight excluding hydrogens is 216 g/mol. The molecule has 94 valence electrons. The summed E-state index contributed by atoms with van der Waals surface area (Å²) in [5.41, 5.74) is 7.68. The van der Waals surface area contributed by atoms with E-state index in [2.05, 4.69) is 17.0 Å². The van der Waals surface area contributed by atoms with Crippen LogP contribution in [0.5, 0.6) is 0 Å². The van der Waals surface area contributed by atoms with Gasteiger partial charge in [0, 0.05) is 31.1 Å². The molecule has 1 atom stereocenters. The first-order chi connectivity index (χ1) is 8.29. The highest BCUT2D eigenvalue weighted by Gasteiger charge is 2.20. The predicted molar refractivity (Wildman–Crippen MR) is 69.3 cm³/mol. The number of nitrogens with zero attached hydrogens (tertiary/aromatic N) is 1. The molecule has 17 heavy (non-hydrogen) atoms. The van der Waals surface area contributed by atoms with Gasteiger partial charge in [0.15, 0.2) is 0 Å². The van der Waals surface area contributed by atoms with Crippen LogP contribution in [0.15, 0.2) is 24.3 Å². The summed E-state index contributed by atoms with van der Waals surface area (Å²) in [6, 6.07) is 7.97. The van der Waals surface area contributed by atoms with Crippen molar-refractivity contribution in [2.45, 2.75) is 13.0 Å². The predicted octanol–water partition coefficient (Wildman–Crippen LogP) is 1.51. The van der Waals surface area contributed by atoms with E-state index in [0.717, 1.165) is 32.0 Å².